The van der Waals surface area contributed by atoms with E-state index in [1.54, 1.807) is 7.11 Å². The zero-order chi connectivity index (χ0) is 13.5. The molecule has 1 aromatic heterocycles. The van der Waals surface area contributed by atoms with Crippen LogP contribution in [0.25, 0.3) is 0 Å². The fourth-order valence-electron chi connectivity index (χ4n) is 2.60. The first kappa shape index (κ1) is 14.6. The quantitative estimate of drug-likeness (QED) is 0.781. The van der Waals surface area contributed by atoms with Gasteiger partial charge in [0.1, 0.15) is 11.5 Å². The maximum atomic E-state index is 5.80. The van der Waals surface area contributed by atoms with Gasteiger partial charge < -0.3 is 14.5 Å². The van der Waals surface area contributed by atoms with Gasteiger partial charge in [-0.2, -0.15) is 0 Å². The number of rotatable bonds is 8. The SMILES string of the molecule is CCc1ccc(CN(CCOC)CC2CCCN2)o1. The van der Waals surface area contributed by atoms with Crippen LogP contribution in [-0.4, -0.2) is 44.3 Å². The van der Waals surface area contributed by atoms with E-state index in [1.807, 2.05) is 0 Å². The van der Waals surface area contributed by atoms with E-state index in [4.69, 9.17) is 9.15 Å². The number of ether oxygens (including phenoxy) is 1. The average molecular weight is 266 g/mol. The number of methoxy groups -OCH3 is 1. The van der Waals surface area contributed by atoms with Gasteiger partial charge in [-0.05, 0) is 31.5 Å². The highest BCUT2D eigenvalue weighted by molar-refractivity contribution is 5.07. The Morgan fingerprint density at radius 1 is 1.42 bits per heavy atom. The van der Waals surface area contributed by atoms with Crippen LogP contribution in [0.15, 0.2) is 16.5 Å². The van der Waals surface area contributed by atoms with Gasteiger partial charge in [0.2, 0.25) is 0 Å². The molecular weight excluding hydrogens is 240 g/mol. The summed E-state index contributed by atoms with van der Waals surface area (Å²) >= 11 is 0. The Hall–Kier alpha value is -0.840. The predicted molar refractivity (Wildman–Crippen MR) is 76.3 cm³/mol. The Morgan fingerprint density at radius 3 is 2.89 bits per heavy atom. The van der Waals surface area contributed by atoms with Crippen molar-refractivity contribution < 1.29 is 9.15 Å². The molecule has 0 amide bonds. The molecule has 1 unspecified atom stereocenters. The summed E-state index contributed by atoms with van der Waals surface area (Å²) in [5.41, 5.74) is 0. The van der Waals surface area contributed by atoms with Crippen LogP contribution in [-0.2, 0) is 17.7 Å². The Morgan fingerprint density at radius 2 is 2.26 bits per heavy atom. The van der Waals surface area contributed by atoms with Gasteiger partial charge in [0.25, 0.3) is 0 Å². The first-order valence-electron chi connectivity index (χ1n) is 7.34. The molecule has 0 bridgehead atoms. The lowest BCUT2D eigenvalue weighted by atomic mass is 10.2. The molecule has 0 aliphatic carbocycles. The number of furan rings is 1. The summed E-state index contributed by atoms with van der Waals surface area (Å²) in [6, 6.07) is 4.80. The zero-order valence-electron chi connectivity index (χ0n) is 12.2. The first-order valence-corrected chi connectivity index (χ1v) is 7.34. The minimum absolute atomic E-state index is 0.623. The van der Waals surface area contributed by atoms with Crippen molar-refractivity contribution in [3.63, 3.8) is 0 Å². The number of hydrogen-bond acceptors (Lipinski definition) is 4. The van der Waals surface area contributed by atoms with Crippen LogP contribution >= 0.6 is 0 Å². The second-order valence-electron chi connectivity index (χ2n) is 5.24. The van der Waals surface area contributed by atoms with Gasteiger partial charge in [-0.15, -0.1) is 0 Å². The summed E-state index contributed by atoms with van der Waals surface area (Å²) in [4.78, 5) is 2.42. The van der Waals surface area contributed by atoms with E-state index in [2.05, 4.69) is 29.3 Å². The van der Waals surface area contributed by atoms with Crippen LogP contribution in [0.5, 0.6) is 0 Å². The van der Waals surface area contributed by atoms with Gasteiger partial charge in [0.15, 0.2) is 0 Å². The van der Waals surface area contributed by atoms with Crippen molar-refractivity contribution in [2.75, 3.05) is 33.4 Å². The molecule has 1 atom stereocenters. The third-order valence-corrected chi connectivity index (χ3v) is 3.70. The fourth-order valence-corrected chi connectivity index (χ4v) is 2.60. The lowest BCUT2D eigenvalue weighted by Gasteiger charge is -2.24. The fraction of sp³-hybridized carbons (Fsp3) is 0.733. The van der Waals surface area contributed by atoms with Crippen molar-refractivity contribution in [1.29, 1.82) is 0 Å². The first-order chi connectivity index (χ1) is 9.31. The van der Waals surface area contributed by atoms with Crippen molar-refractivity contribution in [2.24, 2.45) is 0 Å². The molecular formula is C15H26N2O2. The molecule has 19 heavy (non-hydrogen) atoms. The molecule has 4 nitrogen and oxygen atoms in total. The summed E-state index contributed by atoms with van der Waals surface area (Å²) in [7, 11) is 1.76. The summed E-state index contributed by atoms with van der Waals surface area (Å²) in [5, 5.41) is 3.55. The van der Waals surface area contributed by atoms with E-state index in [9.17, 15) is 0 Å². The van der Waals surface area contributed by atoms with Crippen molar-refractivity contribution >= 4 is 0 Å². The van der Waals surface area contributed by atoms with Crippen LogP contribution in [0.3, 0.4) is 0 Å². The summed E-state index contributed by atoms with van der Waals surface area (Å²) in [5.74, 6) is 2.13. The molecule has 1 aliphatic rings. The molecule has 4 heteroatoms. The number of hydrogen-bond donors (Lipinski definition) is 1. The summed E-state index contributed by atoms with van der Waals surface area (Å²) < 4.78 is 11.0. The smallest absolute Gasteiger partial charge is 0.118 e. The topological polar surface area (TPSA) is 37.6 Å². The molecule has 108 valence electrons. The second kappa shape index (κ2) is 7.68. The maximum Gasteiger partial charge on any atom is 0.118 e. The Kier molecular flexibility index (Phi) is 5.89. The average Bonchev–Trinajstić information content (AvgIpc) is 3.07. The normalized spacial score (nSPS) is 19.4. The third kappa shape index (κ3) is 4.64. The largest absolute Gasteiger partial charge is 0.465 e. The number of nitrogens with one attached hydrogen (secondary N) is 1. The summed E-state index contributed by atoms with van der Waals surface area (Å²) in [6.07, 6.45) is 3.54. The molecule has 2 heterocycles. The monoisotopic (exact) mass is 266 g/mol. The zero-order valence-corrected chi connectivity index (χ0v) is 12.2. The van der Waals surface area contributed by atoms with Crippen LogP contribution < -0.4 is 5.32 Å². The highest BCUT2D eigenvalue weighted by Gasteiger charge is 2.18. The summed E-state index contributed by atoms with van der Waals surface area (Å²) in [6.45, 7) is 6.95. The van der Waals surface area contributed by atoms with Gasteiger partial charge in [-0.25, -0.2) is 0 Å². The number of aryl methyl sites for hydroxylation is 1. The van der Waals surface area contributed by atoms with Crippen molar-refractivity contribution in [3.8, 4) is 0 Å². The van der Waals surface area contributed by atoms with Gasteiger partial charge in [-0.1, -0.05) is 6.92 Å². The van der Waals surface area contributed by atoms with E-state index >= 15 is 0 Å². The second-order valence-corrected chi connectivity index (χ2v) is 5.24. The molecule has 1 aliphatic heterocycles. The van der Waals surface area contributed by atoms with E-state index < -0.39 is 0 Å². The number of nitrogens with zero attached hydrogens (tertiary/aromatic N) is 1. The third-order valence-electron chi connectivity index (χ3n) is 3.70. The van der Waals surface area contributed by atoms with Crippen molar-refractivity contribution in [2.45, 2.75) is 38.8 Å². The molecule has 1 N–H and O–H groups in total. The van der Waals surface area contributed by atoms with E-state index in [0.717, 1.165) is 50.7 Å². The molecule has 0 aromatic carbocycles. The van der Waals surface area contributed by atoms with Crippen LogP contribution in [0.2, 0.25) is 0 Å². The van der Waals surface area contributed by atoms with Gasteiger partial charge in [0, 0.05) is 32.7 Å². The van der Waals surface area contributed by atoms with Crippen molar-refractivity contribution in [3.05, 3.63) is 23.7 Å². The van der Waals surface area contributed by atoms with Crippen molar-refractivity contribution in [1.82, 2.24) is 10.2 Å². The predicted octanol–water partition coefficient (Wildman–Crippen LogP) is 2.04. The van der Waals surface area contributed by atoms with E-state index in [1.165, 1.54) is 12.8 Å². The molecule has 1 fully saturated rings. The lowest BCUT2D eigenvalue weighted by Crippen LogP contribution is -2.38. The van der Waals surface area contributed by atoms with Crippen LogP contribution in [0.1, 0.15) is 31.3 Å². The van der Waals surface area contributed by atoms with E-state index in [0.29, 0.717) is 6.04 Å². The van der Waals surface area contributed by atoms with E-state index in [-0.39, 0.29) is 0 Å². The lowest BCUT2D eigenvalue weighted by molar-refractivity contribution is 0.133. The molecule has 1 aromatic rings. The standard InChI is InChI=1S/C15H26N2O2/c1-3-14-6-7-15(19-14)12-17(9-10-18-2)11-13-5-4-8-16-13/h6-7,13,16H,3-5,8-12H2,1-2H3. The molecule has 0 saturated carbocycles. The highest BCUT2D eigenvalue weighted by Crippen LogP contribution is 2.13. The minimum atomic E-state index is 0.623. The molecule has 1 saturated heterocycles. The molecule has 0 radical (unpaired) electrons. The van der Waals surface area contributed by atoms with Gasteiger partial charge >= 0.3 is 0 Å². The molecule has 0 spiro atoms. The van der Waals surface area contributed by atoms with Crippen LogP contribution in [0, 0.1) is 0 Å². The maximum absolute atomic E-state index is 5.80. The van der Waals surface area contributed by atoms with Gasteiger partial charge in [0.05, 0.1) is 13.2 Å². The Bertz CT molecular complexity index is 359. The highest BCUT2D eigenvalue weighted by atomic mass is 16.5. The Balaban J connectivity index is 1.87. The van der Waals surface area contributed by atoms with Crippen LogP contribution in [0.4, 0.5) is 0 Å². The molecule has 2 rings (SSSR count). The van der Waals surface area contributed by atoms with Gasteiger partial charge in [-0.3, -0.25) is 4.90 Å². The Labute approximate surface area is 116 Å². The minimum Gasteiger partial charge on any atom is -0.465 e.